The molecule has 0 fully saturated rings. The van der Waals surface area contributed by atoms with Gasteiger partial charge in [0.1, 0.15) is 4.88 Å². The van der Waals surface area contributed by atoms with E-state index >= 15 is 0 Å². The molecule has 0 radical (unpaired) electrons. The van der Waals surface area contributed by atoms with Gasteiger partial charge in [-0.25, -0.2) is 4.79 Å². The van der Waals surface area contributed by atoms with E-state index in [1.54, 1.807) is 0 Å². The number of aryl methyl sites for hydroxylation is 1. The first-order valence-corrected chi connectivity index (χ1v) is 12.2. The van der Waals surface area contributed by atoms with Crippen molar-refractivity contribution >= 4 is 46.1 Å². The Hall–Kier alpha value is -2.23. The molecule has 1 aromatic heterocycles. The lowest BCUT2D eigenvalue weighted by atomic mass is 10.1. The first kappa shape index (κ1) is 38.1. The number of aliphatic hydroxyl groups excluding tert-OH is 1. The Labute approximate surface area is 211 Å². The minimum atomic E-state index is -0.293. The molecule has 190 valence electrons. The molecule has 0 aliphatic rings. The smallest absolute Gasteiger partial charge is 0.348 e. The van der Waals surface area contributed by atoms with Gasteiger partial charge >= 0.3 is 5.97 Å². The Morgan fingerprint density at radius 1 is 1.18 bits per heavy atom. The molecule has 2 rings (SSSR count). The summed E-state index contributed by atoms with van der Waals surface area (Å²) in [5.41, 5.74) is 6.58. The highest BCUT2D eigenvalue weighted by molar-refractivity contribution is 9.10. The number of amides is 1. The first-order valence-electron chi connectivity index (χ1n) is 10.6. The normalized spacial score (nSPS) is 8.21. The third kappa shape index (κ3) is 20.1. The van der Waals surface area contributed by atoms with Crippen LogP contribution in [0.2, 0.25) is 0 Å². The van der Waals surface area contributed by atoms with Crippen LogP contribution in [-0.2, 0) is 20.7 Å². The number of aliphatic hydroxyl groups is 1. The number of halogens is 1. The average Bonchev–Trinajstić information content (AvgIpc) is 3.24. The SMILES string of the molecule is CC.CC.CC(C)CO.CCc1cccc(-c2sc(C(=O)OC)cc2Br)c1.NC=O.O=CO. The monoisotopic (exact) mass is 549 g/mol. The number of methoxy groups -OCH3 is 1. The quantitative estimate of drug-likeness (QED) is 0.316. The molecule has 7 nitrogen and oxygen atoms in total. The molecule has 0 saturated heterocycles. The van der Waals surface area contributed by atoms with Gasteiger partial charge in [-0.05, 0) is 45.5 Å². The van der Waals surface area contributed by atoms with Gasteiger partial charge in [-0.2, -0.15) is 0 Å². The zero-order valence-electron chi connectivity index (χ0n) is 20.9. The van der Waals surface area contributed by atoms with Gasteiger partial charge in [-0.1, -0.05) is 72.7 Å². The summed E-state index contributed by atoms with van der Waals surface area (Å²) in [6.45, 7) is 14.1. The largest absolute Gasteiger partial charge is 0.483 e. The second kappa shape index (κ2) is 27.8. The molecule has 4 N–H and O–H groups in total. The number of ether oxygens (including phenoxy) is 1. The standard InChI is InChI=1S/C14H13BrO2S.C4H10O.2C2H6.CH3NO.CH2O2/c1-3-9-5-4-6-10(7-9)13-11(15)8-12(18-13)14(16)17-2;1-4(2)3-5;2*1-2;2*2-1-3/h4-8H,3H2,1-2H3;4-5H,3H2,1-2H3;2*1-2H3;1H,(H2,2,3);1H,(H,2,3). The number of hydrogen-bond acceptors (Lipinski definition) is 6. The van der Waals surface area contributed by atoms with Gasteiger partial charge < -0.3 is 20.7 Å². The highest BCUT2D eigenvalue weighted by atomic mass is 79.9. The molecule has 0 unspecified atom stereocenters. The molecular formula is C24H40BrNO6S. The van der Waals surface area contributed by atoms with E-state index in [0.717, 1.165) is 21.3 Å². The first-order chi connectivity index (χ1) is 15.7. The number of carbonyl (C=O) groups excluding carboxylic acids is 2. The third-order valence-electron chi connectivity index (χ3n) is 3.04. The molecular weight excluding hydrogens is 510 g/mol. The summed E-state index contributed by atoms with van der Waals surface area (Å²) in [4.78, 5) is 30.1. The number of hydrogen-bond donors (Lipinski definition) is 3. The van der Waals surface area contributed by atoms with Gasteiger partial charge in [-0.3, -0.25) is 9.59 Å². The second-order valence-corrected chi connectivity index (χ2v) is 7.56. The fourth-order valence-corrected chi connectivity index (χ4v) is 3.52. The van der Waals surface area contributed by atoms with Crippen LogP contribution in [0.25, 0.3) is 10.4 Å². The van der Waals surface area contributed by atoms with Gasteiger partial charge in [0.05, 0.1) is 7.11 Å². The summed E-state index contributed by atoms with van der Waals surface area (Å²) in [5, 5.41) is 15.0. The minimum Gasteiger partial charge on any atom is -0.483 e. The van der Waals surface area contributed by atoms with E-state index < -0.39 is 0 Å². The van der Waals surface area contributed by atoms with Gasteiger partial charge in [0.2, 0.25) is 6.41 Å². The van der Waals surface area contributed by atoms with Crippen LogP contribution in [0.1, 0.15) is 63.7 Å². The van der Waals surface area contributed by atoms with E-state index in [0.29, 0.717) is 17.4 Å². The molecule has 1 aromatic carbocycles. The van der Waals surface area contributed by atoms with Crippen molar-refractivity contribution in [3.8, 4) is 10.4 Å². The van der Waals surface area contributed by atoms with Gasteiger partial charge in [0, 0.05) is 16.0 Å². The minimum absolute atomic E-state index is 0.250. The van der Waals surface area contributed by atoms with Crippen molar-refractivity contribution in [2.24, 2.45) is 11.7 Å². The van der Waals surface area contributed by atoms with Crippen molar-refractivity contribution in [3.05, 3.63) is 45.2 Å². The van der Waals surface area contributed by atoms with Crippen LogP contribution >= 0.6 is 27.3 Å². The topological polar surface area (TPSA) is 127 Å². The van der Waals surface area contributed by atoms with Gasteiger partial charge in [0.15, 0.2) is 0 Å². The summed E-state index contributed by atoms with van der Waals surface area (Å²) < 4.78 is 5.67. The summed E-state index contributed by atoms with van der Waals surface area (Å²) in [7, 11) is 1.40. The lowest BCUT2D eigenvalue weighted by Gasteiger charge is -2.02. The third-order valence-corrected chi connectivity index (χ3v) is 5.09. The predicted octanol–water partition coefficient (Wildman–Crippen LogP) is 6.02. The predicted molar refractivity (Wildman–Crippen MR) is 142 cm³/mol. The van der Waals surface area contributed by atoms with Crippen molar-refractivity contribution in [2.45, 2.75) is 54.9 Å². The number of carboxylic acid groups (broad SMARTS) is 1. The zero-order chi connectivity index (χ0) is 26.8. The lowest BCUT2D eigenvalue weighted by Crippen LogP contribution is -1.96. The van der Waals surface area contributed by atoms with Crippen molar-refractivity contribution in [1.29, 1.82) is 0 Å². The molecule has 0 aliphatic heterocycles. The van der Waals surface area contributed by atoms with Crippen LogP contribution in [0, 0.1) is 5.92 Å². The second-order valence-electron chi connectivity index (χ2n) is 5.65. The van der Waals surface area contributed by atoms with E-state index in [2.05, 4.69) is 46.8 Å². The van der Waals surface area contributed by atoms with Gasteiger partial charge in [-0.15, -0.1) is 11.3 Å². The van der Waals surface area contributed by atoms with E-state index in [-0.39, 0.29) is 18.9 Å². The van der Waals surface area contributed by atoms with E-state index in [1.807, 2.05) is 53.7 Å². The molecule has 9 heteroatoms. The maximum atomic E-state index is 11.5. The van der Waals surface area contributed by atoms with Crippen LogP contribution < -0.4 is 5.73 Å². The van der Waals surface area contributed by atoms with Crippen LogP contribution in [-0.4, -0.2) is 42.8 Å². The van der Waals surface area contributed by atoms with Crippen LogP contribution in [0.15, 0.2) is 34.8 Å². The molecule has 1 heterocycles. The summed E-state index contributed by atoms with van der Waals surface area (Å²) in [5.74, 6) is 0.147. The molecule has 0 atom stereocenters. The average molecular weight is 551 g/mol. The molecule has 0 bridgehead atoms. The lowest BCUT2D eigenvalue weighted by molar-refractivity contribution is -0.122. The molecule has 0 saturated carbocycles. The van der Waals surface area contributed by atoms with Crippen molar-refractivity contribution < 1.29 is 29.3 Å². The molecule has 0 aliphatic carbocycles. The number of rotatable bonds is 4. The summed E-state index contributed by atoms with van der Waals surface area (Å²) in [6, 6.07) is 10.2. The van der Waals surface area contributed by atoms with Crippen molar-refractivity contribution in [2.75, 3.05) is 13.7 Å². The van der Waals surface area contributed by atoms with Crippen molar-refractivity contribution in [3.63, 3.8) is 0 Å². The molecule has 2 aromatic rings. The molecule has 33 heavy (non-hydrogen) atoms. The maximum absolute atomic E-state index is 11.5. The molecule has 1 amide bonds. The Balaban J connectivity index is -0.000000233. The highest BCUT2D eigenvalue weighted by Gasteiger charge is 2.14. The van der Waals surface area contributed by atoms with E-state index in [1.165, 1.54) is 24.0 Å². The number of primary amides is 1. The van der Waals surface area contributed by atoms with E-state index in [9.17, 15) is 4.79 Å². The van der Waals surface area contributed by atoms with Crippen LogP contribution in [0.3, 0.4) is 0 Å². The van der Waals surface area contributed by atoms with E-state index in [4.69, 9.17) is 24.5 Å². The Kier molecular flexibility index (Phi) is 32.1. The summed E-state index contributed by atoms with van der Waals surface area (Å²) >= 11 is 4.94. The fraction of sp³-hybridized carbons (Fsp3) is 0.458. The summed E-state index contributed by atoms with van der Waals surface area (Å²) in [6.07, 6.45) is 1.25. The van der Waals surface area contributed by atoms with Crippen LogP contribution in [0.5, 0.6) is 0 Å². The fourth-order valence-electron chi connectivity index (χ4n) is 1.70. The van der Waals surface area contributed by atoms with Gasteiger partial charge in [0.25, 0.3) is 6.47 Å². The Morgan fingerprint density at radius 3 is 2.00 bits per heavy atom. The number of benzene rings is 1. The number of esters is 1. The number of nitrogens with two attached hydrogens (primary N) is 1. The zero-order valence-corrected chi connectivity index (χ0v) is 23.3. The number of thiophene rings is 1. The van der Waals surface area contributed by atoms with Crippen molar-refractivity contribution in [1.82, 2.24) is 0 Å². The van der Waals surface area contributed by atoms with Crippen LogP contribution in [0.4, 0.5) is 0 Å². The Bertz CT molecular complexity index is 729. The maximum Gasteiger partial charge on any atom is 0.348 e. The Morgan fingerprint density at radius 2 is 1.64 bits per heavy atom. The highest BCUT2D eigenvalue weighted by Crippen LogP contribution is 2.37. The molecule has 0 spiro atoms. The number of carbonyl (C=O) groups is 3.